The van der Waals surface area contributed by atoms with Crippen LogP contribution in [-0.4, -0.2) is 47.1 Å². The number of nitrogens with one attached hydrogen (secondary N) is 1. The highest BCUT2D eigenvalue weighted by Crippen LogP contribution is 2.29. The summed E-state index contributed by atoms with van der Waals surface area (Å²) in [7, 11) is 0. The average molecular weight is 399 g/mol. The van der Waals surface area contributed by atoms with Gasteiger partial charge in [0.05, 0.1) is 11.9 Å². The maximum atomic E-state index is 12.8. The minimum atomic E-state index is -4.44. The van der Waals surface area contributed by atoms with E-state index in [0.29, 0.717) is 18.7 Å². The molecule has 0 unspecified atom stereocenters. The Morgan fingerprint density at radius 3 is 2.54 bits per heavy atom. The minimum absolute atomic E-state index is 0.00822. The van der Waals surface area contributed by atoms with Crippen LogP contribution in [0, 0.1) is 5.92 Å². The van der Waals surface area contributed by atoms with Crippen molar-refractivity contribution in [1.29, 1.82) is 0 Å². The molecule has 2 fully saturated rings. The third-order valence-corrected chi connectivity index (χ3v) is 5.18. The third-order valence-electron chi connectivity index (χ3n) is 5.18. The molecule has 2 amide bonds. The monoisotopic (exact) mass is 399 g/mol. The molecule has 154 valence electrons. The molecule has 2 aliphatic rings. The summed E-state index contributed by atoms with van der Waals surface area (Å²) in [6.07, 6.45) is 3.20. The maximum absolute atomic E-state index is 12.8. The second-order valence-electron chi connectivity index (χ2n) is 7.30. The van der Waals surface area contributed by atoms with Crippen LogP contribution in [-0.2, 0) is 9.59 Å². The van der Waals surface area contributed by atoms with E-state index in [2.05, 4.69) is 15.0 Å². The number of nitrogens with zero attached hydrogens (tertiary/aromatic N) is 2. The van der Waals surface area contributed by atoms with Gasteiger partial charge >= 0.3 is 6.18 Å². The number of aromatic nitrogens is 1. The zero-order valence-electron chi connectivity index (χ0n) is 15.5. The predicted octanol–water partition coefficient (Wildman–Crippen LogP) is 3.53. The molecule has 1 saturated heterocycles. The van der Waals surface area contributed by atoms with E-state index in [4.69, 9.17) is 0 Å². The number of hydrogen-bond acceptors (Lipinski definition) is 4. The van der Waals surface area contributed by atoms with Crippen molar-refractivity contribution in [2.24, 2.45) is 5.92 Å². The SMILES string of the molecule is O=C(Nc1ccc(OCC(F)(F)F)nc1)[C@@H]1CCCN1C(=O)C1CCCCC1. The summed E-state index contributed by atoms with van der Waals surface area (Å²) in [6.45, 7) is -0.845. The molecule has 1 aliphatic carbocycles. The van der Waals surface area contributed by atoms with Gasteiger partial charge in [-0.05, 0) is 31.7 Å². The molecule has 1 N–H and O–H groups in total. The Bertz CT molecular complexity index is 688. The Morgan fingerprint density at radius 1 is 1.14 bits per heavy atom. The quantitative estimate of drug-likeness (QED) is 0.822. The smallest absolute Gasteiger partial charge is 0.422 e. The number of hydrogen-bond donors (Lipinski definition) is 1. The maximum Gasteiger partial charge on any atom is 0.422 e. The number of carbonyl (C=O) groups is 2. The van der Waals surface area contributed by atoms with Gasteiger partial charge in [-0.15, -0.1) is 0 Å². The lowest BCUT2D eigenvalue weighted by Gasteiger charge is -2.30. The van der Waals surface area contributed by atoms with Gasteiger partial charge in [0.15, 0.2) is 6.61 Å². The van der Waals surface area contributed by atoms with Crippen molar-refractivity contribution in [3.8, 4) is 5.88 Å². The number of likely N-dealkylation sites (tertiary alicyclic amines) is 1. The van der Waals surface area contributed by atoms with Crippen LogP contribution in [0.5, 0.6) is 5.88 Å². The van der Waals surface area contributed by atoms with Gasteiger partial charge in [-0.3, -0.25) is 9.59 Å². The highest BCUT2D eigenvalue weighted by Gasteiger charge is 2.37. The van der Waals surface area contributed by atoms with Gasteiger partial charge in [0.2, 0.25) is 17.7 Å². The molecular formula is C19H24F3N3O3. The summed E-state index contributed by atoms with van der Waals surface area (Å²) in [6, 6.07) is 2.18. The number of halogens is 3. The Morgan fingerprint density at radius 2 is 1.89 bits per heavy atom. The van der Waals surface area contributed by atoms with Gasteiger partial charge in [0, 0.05) is 18.5 Å². The summed E-state index contributed by atoms with van der Waals surface area (Å²) in [5, 5.41) is 2.70. The number of rotatable bonds is 5. The molecule has 1 saturated carbocycles. The van der Waals surface area contributed by atoms with Crippen LogP contribution in [0.1, 0.15) is 44.9 Å². The number of alkyl halides is 3. The van der Waals surface area contributed by atoms with E-state index in [9.17, 15) is 22.8 Å². The van der Waals surface area contributed by atoms with E-state index in [-0.39, 0.29) is 23.6 Å². The van der Waals surface area contributed by atoms with Crippen molar-refractivity contribution in [2.75, 3.05) is 18.5 Å². The molecule has 28 heavy (non-hydrogen) atoms. The minimum Gasteiger partial charge on any atom is -0.468 e. The Kier molecular flexibility index (Phi) is 6.41. The van der Waals surface area contributed by atoms with Gasteiger partial charge in [-0.2, -0.15) is 13.2 Å². The molecule has 2 heterocycles. The van der Waals surface area contributed by atoms with Crippen molar-refractivity contribution < 1.29 is 27.5 Å². The molecular weight excluding hydrogens is 375 g/mol. The van der Waals surface area contributed by atoms with Crippen LogP contribution in [0.4, 0.5) is 18.9 Å². The van der Waals surface area contributed by atoms with Crippen molar-refractivity contribution >= 4 is 17.5 Å². The molecule has 1 aromatic heterocycles. The van der Waals surface area contributed by atoms with E-state index >= 15 is 0 Å². The van der Waals surface area contributed by atoms with E-state index in [0.717, 1.165) is 38.5 Å². The molecule has 6 nitrogen and oxygen atoms in total. The van der Waals surface area contributed by atoms with E-state index < -0.39 is 18.8 Å². The largest absolute Gasteiger partial charge is 0.468 e. The molecule has 0 radical (unpaired) electrons. The van der Waals surface area contributed by atoms with Gasteiger partial charge < -0.3 is 15.0 Å². The zero-order chi connectivity index (χ0) is 20.1. The highest BCUT2D eigenvalue weighted by atomic mass is 19.4. The fraction of sp³-hybridized carbons (Fsp3) is 0.632. The van der Waals surface area contributed by atoms with Crippen LogP contribution in [0.15, 0.2) is 18.3 Å². The normalized spacial score (nSPS) is 20.8. The van der Waals surface area contributed by atoms with Crippen molar-refractivity contribution in [3.63, 3.8) is 0 Å². The fourth-order valence-electron chi connectivity index (χ4n) is 3.81. The molecule has 1 aliphatic heterocycles. The summed E-state index contributed by atoms with van der Waals surface area (Å²) in [5.74, 6) is -0.405. The van der Waals surface area contributed by atoms with Gasteiger partial charge in [-0.25, -0.2) is 4.98 Å². The molecule has 0 aromatic carbocycles. The molecule has 9 heteroatoms. The summed E-state index contributed by atoms with van der Waals surface area (Å²) in [4.78, 5) is 30.9. The van der Waals surface area contributed by atoms with Crippen LogP contribution in [0.2, 0.25) is 0 Å². The first-order valence-electron chi connectivity index (χ1n) is 9.60. The lowest BCUT2D eigenvalue weighted by Crippen LogP contribution is -2.46. The molecule has 3 rings (SSSR count). The van der Waals surface area contributed by atoms with Crippen LogP contribution in [0.3, 0.4) is 0 Å². The number of amides is 2. The molecule has 0 spiro atoms. The van der Waals surface area contributed by atoms with Gasteiger partial charge in [0.1, 0.15) is 6.04 Å². The summed E-state index contributed by atoms with van der Waals surface area (Å²) < 4.78 is 41.0. The summed E-state index contributed by atoms with van der Waals surface area (Å²) in [5.41, 5.74) is 0.348. The lowest BCUT2D eigenvalue weighted by atomic mass is 9.88. The number of pyridine rings is 1. The first-order chi connectivity index (χ1) is 13.3. The van der Waals surface area contributed by atoms with Crippen molar-refractivity contribution in [2.45, 2.75) is 57.2 Å². The predicted molar refractivity (Wildman–Crippen MR) is 95.7 cm³/mol. The summed E-state index contributed by atoms with van der Waals surface area (Å²) >= 11 is 0. The van der Waals surface area contributed by atoms with Crippen LogP contribution < -0.4 is 10.1 Å². The van der Waals surface area contributed by atoms with E-state index in [1.807, 2.05) is 0 Å². The zero-order valence-corrected chi connectivity index (χ0v) is 15.5. The fourth-order valence-corrected chi connectivity index (χ4v) is 3.81. The van der Waals surface area contributed by atoms with Gasteiger partial charge in [-0.1, -0.05) is 19.3 Å². The standard InChI is InChI=1S/C19H24F3N3O3/c20-19(21,22)12-28-16-9-8-14(11-23-16)24-17(26)15-7-4-10-25(15)18(27)13-5-2-1-3-6-13/h8-9,11,13,15H,1-7,10,12H2,(H,24,26)/t15-/m0/s1. The Labute approximate surface area is 161 Å². The van der Waals surface area contributed by atoms with Gasteiger partial charge in [0.25, 0.3) is 0 Å². The Hall–Kier alpha value is -2.32. The second-order valence-corrected chi connectivity index (χ2v) is 7.30. The number of ether oxygens (including phenoxy) is 1. The number of anilines is 1. The highest BCUT2D eigenvalue weighted by molar-refractivity contribution is 5.97. The molecule has 1 atom stereocenters. The lowest BCUT2D eigenvalue weighted by molar-refractivity contribution is -0.154. The first-order valence-corrected chi connectivity index (χ1v) is 9.60. The van der Waals surface area contributed by atoms with Crippen LogP contribution in [0.25, 0.3) is 0 Å². The second kappa shape index (κ2) is 8.79. The average Bonchev–Trinajstić information content (AvgIpc) is 3.17. The van der Waals surface area contributed by atoms with E-state index in [1.54, 1.807) is 4.90 Å². The third kappa shape index (κ3) is 5.36. The topological polar surface area (TPSA) is 71.5 Å². The molecule has 1 aromatic rings. The van der Waals surface area contributed by atoms with Crippen molar-refractivity contribution in [1.82, 2.24) is 9.88 Å². The van der Waals surface area contributed by atoms with E-state index in [1.165, 1.54) is 18.3 Å². The first kappa shape index (κ1) is 20.4. The Balaban J connectivity index is 1.56. The van der Waals surface area contributed by atoms with Crippen molar-refractivity contribution in [3.05, 3.63) is 18.3 Å². The van der Waals surface area contributed by atoms with Crippen LogP contribution >= 0.6 is 0 Å². The molecule has 0 bridgehead atoms. The number of carbonyl (C=O) groups excluding carboxylic acids is 2.